The lowest BCUT2D eigenvalue weighted by molar-refractivity contribution is -0.142. The Bertz CT molecular complexity index is 380. The molecule has 0 radical (unpaired) electrons. The van der Waals surface area contributed by atoms with Crippen LogP contribution in [0.1, 0.15) is 46.5 Å². The van der Waals surface area contributed by atoms with Gasteiger partial charge in [0.15, 0.2) is 0 Å². The van der Waals surface area contributed by atoms with Gasteiger partial charge in [0.2, 0.25) is 11.8 Å². The quantitative estimate of drug-likeness (QED) is 0.420. The number of hydrogen-bond donors (Lipinski definition) is 3. The van der Waals surface area contributed by atoms with E-state index in [1.165, 1.54) is 6.92 Å². The summed E-state index contributed by atoms with van der Waals surface area (Å²) in [5.41, 5.74) is 0. The molecular formula is C15H26N2O4. The van der Waals surface area contributed by atoms with Crippen molar-refractivity contribution in [3.05, 3.63) is 12.7 Å². The van der Waals surface area contributed by atoms with Crippen molar-refractivity contribution in [3.63, 3.8) is 0 Å². The number of unbranched alkanes of at least 4 members (excludes halogenated alkanes) is 1. The zero-order chi connectivity index (χ0) is 16.4. The van der Waals surface area contributed by atoms with Crippen molar-refractivity contribution in [3.8, 4) is 0 Å². The Morgan fingerprint density at radius 1 is 1.19 bits per heavy atom. The third-order valence-corrected chi connectivity index (χ3v) is 2.92. The Hall–Kier alpha value is -1.85. The Balaban J connectivity index is 4.68. The average Bonchev–Trinajstić information content (AvgIpc) is 2.35. The summed E-state index contributed by atoms with van der Waals surface area (Å²) in [6.07, 6.45) is 3.84. The van der Waals surface area contributed by atoms with Crippen molar-refractivity contribution in [1.29, 1.82) is 0 Å². The van der Waals surface area contributed by atoms with Gasteiger partial charge in [-0.3, -0.25) is 9.59 Å². The third-order valence-electron chi connectivity index (χ3n) is 2.92. The van der Waals surface area contributed by atoms with E-state index in [0.717, 1.165) is 0 Å². The van der Waals surface area contributed by atoms with Crippen molar-refractivity contribution in [2.45, 2.75) is 58.5 Å². The topological polar surface area (TPSA) is 95.5 Å². The molecule has 0 saturated heterocycles. The van der Waals surface area contributed by atoms with Gasteiger partial charge in [-0.1, -0.05) is 19.9 Å². The lowest BCUT2D eigenvalue weighted by Crippen LogP contribution is -2.51. The molecule has 0 aromatic carbocycles. The van der Waals surface area contributed by atoms with E-state index < -0.39 is 24.0 Å². The minimum absolute atomic E-state index is 0.205. The van der Waals surface area contributed by atoms with Crippen molar-refractivity contribution in [2.75, 3.05) is 0 Å². The molecule has 6 nitrogen and oxygen atoms in total. The highest BCUT2D eigenvalue weighted by molar-refractivity contribution is 5.89. The van der Waals surface area contributed by atoms with Crippen LogP contribution in [0, 0.1) is 5.92 Å². The van der Waals surface area contributed by atoms with E-state index in [4.69, 9.17) is 5.11 Å². The van der Waals surface area contributed by atoms with Crippen LogP contribution in [0.5, 0.6) is 0 Å². The van der Waals surface area contributed by atoms with Gasteiger partial charge >= 0.3 is 5.97 Å². The normalized spacial score (nSPS) is 13.3. The van der Waals surface area contributed by atoms with Crippen molar-refractivity contribution in [1.82, 2.24) is 10.6 Å². The van der Waals surface area contributed by atoms with Crippen LogP contribution >= 0.6 is 0 Å². The monoisotopic (exact) mass is 298 g/mol. The van der Waals surface area contributed by atoms with E-state index in [0.29, 0.717) is 25.7 Å². The van der Waals surface area contributed by atoms with Crippen LogP contribution in [0.15, 0.2) is 12.7 Å². The van der Waals surface area contributed by atoms with E-state index in [9.17, 15) is 14.4 Å². The summed E-state index contributed by atoms with van der Waals surface area (Å²) in [6.45, 7) is 8.77. The van der Waals surface area contributed by atoms with Crippen LogP contribution in [-0.2, 0) is 14.4 Å². The van der Waals surface area contributed by atoms with Crippen molar-refractivity contribution in [2.24, 2.45) is 5.92 Å². The van der Waals surface area contributed by atoms with Gasteiger partial charge < -0.3 is 15.7 Å². The number of carbonyl (C=O) groups excluding carboxylic acids is 2. The highest BCUT2D eigenvalue weighted by Gasteiger charge is 2.26. The fourth-order valence-electron chi connectivity index (χ4n) is 1.94. The molecule has 2 amide bonds. The van der Waals surface area contributed by atoms with Gasteiger partial charge in [0.05, 0.1) is 0 Å². The van der Waals surface area contributed by atoms with E-state index in [2.05, 4.69) is 17.2 Å². The highest BCUT2D eigenvalue weighted by atomic mass is 16.4. The smallest absolute Gasteiger partial charge is 0.326 e. The number of amides is 2. The molecule has 0 heterocycles. The zero-order valence-corrected chi connectivity index (χ0v) is 13.0. The summed E-state index contributed by atoms with van der Waals surface area (Å²) in [5.74, 6) is -1.63. The van der Waals surface area contributed by atoms with E-state index in [1.807, 2.05) is 13.8 Å². The minimum atomic E-state index is -1.07. The molecule has 2 atom stereocenters. The number of rotatable bonds is 10. The number of aliphatic carboxylic acids is 1. The lowest BCUT2D eigenvalue weighted by Gasteiger charge is -2.22. The maximum atomic E-state index is 12.2. The summed E-state index contributed by atoms with van der Waals surface area (Å²) >= 11 is 0. The molecule has 0 rings (SSSR count). The van der Waals surface area contributed by atoms with E-state index >= 15 is 0 Å². The molecule has 0 aromatic rings. The number of nitrogens with one attached hydrogen (secondary N) is 2. The molecule has 0 bridgehead atoms. The van der Waals surface area contributed by atoms with Gasteiger partial charge in [-0.15, -0.1) is 6.58 Å². The SMILES string of the molecule is C=CCCC[C@H](NC(=O)[C@H](CC(C)C)NC(C)=O)C(=O)O. The Morgan fingerprint density at radius 2 is 1.81 bits per heavy atom. The van der Waals surface area contributed by atoms with Crippen molar-refractivity contribution >= 4 is 17.8 Å². The second-order valence-corrected chi connectivity index (χ2v) is 5.50. The molecule has 0 fully saturated rings. The first-order valence-electron chi connectivity index (χ1n) is 7.19. The molecule has 0 aromatic heterocycles. The second kappa shape index (κ2) is 9.96. The van der Waals surface area contributed by atoms with Crippen LogP contribution in [-0.4, -0.2) is 35.0 Å². The standard InChI is InChI=1S/C15H26N2O4/c1-5-6-7-8-12(15(20)21)17-14(19)13(9-10(2)3)16-11(4)18/h5,10,12-13H,1,6-9H2,2-4H3,(H,16,18)(H,17,19)(H,20,21)/t12-,13-/m0/s1. The van der Waals surface area contributed by atoms with Gasteiger partial charge in [0.1, 0.15) is 12.1 Å². The molecule has 0 saturated carbocycles. The number of hydrogen-bond acceptors (Lipinski definition) is 3. The molecule has 21 heavy (non-hydrogen) atoms. The fraction of sp³-hybridized carbons (Fsp3) is 0.667. The molecule has 0 aliphatic carbocycles. The van der Waals surface area contributed by atoms with Crippen LogP contribution in [0.2, 0.25) is 0 Å². The Labute approximate surface area is 126 Å². The molecule has 120 valence electrons. The van der Waals surface area contributed by atoms with Gasteiger partial charge in [0.25, 0.3) is 0 Å². The predicted molar refractivity (Wildman–Crippen MR) is 80.7 cm³/mol. The Kier molecular flexibility index (Phi) is 9.08. The van der Waals surface area contributed by atoms with E-state index in [1.54, 1.807) is 6.08 Å². The summed E-state index contributed by atoms with van der Waals surface area (Å²) in [4.78, 5) is 34.5. The summed E-state index contributed by atoms with van der Waals surface area (Å²) < 4.78 is 0. The third kappa shape index (κ3) is 8.83. The summed E-state index contributed by atoms with van der Waals surface area (Å²) in [6, 6.07) is -1.65. The number of allylic oxidation sites excluding steroid dienone is 1. The fourth-order valence-corrected chi connectivity index (χ4v) is 1.94. The van der Waals surface area contributed by atoms with Crippen molar-refractivity contribution < 1.29 is 19.5 Å². The first-order valence-corrected chi connectivity index (χ1v) is 7.19. The largest absolute Gasteiger partial charge is 0.480 e. The number of carboxylic acid groups (broad SMARTS) is 1. The zero-order valence-electron chi connectivity index (χ0n) is 13.0. The highest BCUT2D eigenvalue weighted by Crippen LogP contribution is 2.07. The molecule has 0 unspecified atom stereocenters. The average molecular weight is 298 g/mol. The van der Waals surface area contributed by atoms with Gasteiger partial charge in [0, 0.05) is 6.92 Å². The molecule has 0 aliphatic rings. The maximum absolute atomic E-state index is 12.2. The number of carbonyl (C=O) groups is 3. The molecule has 3 N–H and O–H groups in total. The lowest BCUT2D eigenvalue weighted by atomic mass is 10.0. The van der Waals surface area contributed by atoms with Gasteiger partial charge in [-0.25, -0.2) is 4.79 Å². The summed E-state index contributed by atoms with van der Waals surface area (Å²) in [7, 11) is 0. The Morgan fingerprint density at radius 3 is 2.24 bits per heavy atom. The van der Waals surface area contributed by atoms with Crippen LogP contribution in [0.25, 0.3) is 0 Å². The van der Waals surface area contributed by atoms with Crippen LogP contribution in [0.3, 0.4) is 0 Å². The molecule has 0 spiro atoms. The summed E-state index contributed by atoms with van der Waals surface area (Å²) in [5, 5.41) is 14.2. The minimum Gasteiger partial charge on any atom is -0.480 e. The first kappa shape index (κ1) is 19.1. The molecular weight excluding hydrogens is 272 g/mol. The first-order chi connectivity index (χ1) is 9.77. The van der Waals surface area contributed by atoms with Crippen LogP contribution < -0.4 is 10.6 Å². The maximum Gasteiger partial charge on any atom is 0.326 e. The molecule has 6 heteroatoms. The van der Waals surface area contributed by atoms with Gasteiger partial charge in [-0.05, 0) is 31.6 Å². The van der Waals surface area contributed by atoms with Gasteiger partial charge in [-0.2, -0.15) is 0 Å². The van der Waals surface area contributed by atoms with Crippen LogP contribution in [0.4, 0.5) is 0 Å². The number of carboxylic acids is 1. The molecule has 0 aliphatic heterocycles. The second-order valence-electron chi connectivity index (χ2n) is 5.50. The predicted octanol–water partition coefficient (Wildman–Crippen LogP) is 1.46. The van der Waals surface area contributed by atoms with E-state index in [-0.39, 0.29) is 11.8 Å².